The van der Waals surface area contributed by atoms with Crippen LogP contribution in [0.25, 0.3) is 11.0 Å². The van der Waals surface area contributed by atoms with Gasteiger partial charge in [0.25, 0.3) is 0 Å². The van der Waals surface area contributed by atoms with Crippen LogP contribution in [0, 0.1) is 0 Å². The smallest absolute Gasteiger partial charge is 0.424 e. The van der Waals surface area contributed by atoms with Crippen LogP contribution in [0.1, 0.15) is 12.7 Å². The van der Waals surface area contributed by atoms with Gasteiger partial charge in [0.2, 0.25) is 0 Å². The molecule has 5 heteroatoms. The number of rotatable bonds is 4. The van der Waals surface area contributed by atoms with E-state index in [9.17, 15) is 0 Å². The Hall–Kier alpha value is -1.59. The predicted molar refractivity (Wildman–Crippen MR) is 68.4 cm³/mol. The average Bonchev–Trinajstić information content (AvgIpc) is 2.66. The van der Waals surface area contributed by atoms with Crippen LogP contribution in [0.5, 0.6) is 0 Å². The zero-order valence-electron chi connectivity index (χ0n) is 9.74. The lowest BCUT2D eigenvalue weighted by Gasteiger charge is -2.03. The first-order chi connectivity index (χ1) is 8.22. The van der Waals surface area contributed by atoms with Crippen LogP contribution in [0.2, 0.25) is 0 Å². The van der Waals surface area contributed by atoms with Gasteiger partial charge in [-0.15, -0.1) is 0 Å². The molecule has 0 atom stereocenters. The van der Waals surface area contributed by atoms with Gasteiger partial charge in [-0.2, -0.15) is 0 Å². The molecule has 4 nitrogen and oxygen atoms in total. The third-order valence-electron chi connectivity index (χ3n) is 2.66. The molecule has 0 spiro atoms. The van der Waals surface area contributed by atoms with Crippen molar-refractivity contribution in [2.75, 3.05) is 0 Å². The van der Waals surface area contributed by atoms with Crippen LogP contribution in [0.3, 0.4) is 0 Å². The second-order valence-electron chi connectivity index (χ2n) is 3.81. The molecule has 0 unspecified atom stereocenters. The number of aromatic nitrogens is 2. The highest BCUT2D eigenvalue weighted by molar-refractivity contribution is 6.47. The number of imidazole rings is 1. The molecule has 0 aliphatic rings. The molecular weight excluding hydrogens is 215 g/mol. The number of aryl methyl sites for hydroxylation is 1. The second-order valence-corrected chi connectivity index (χ2v) is 3.81. The summed E-state index contributed by atoms with van der Waals surface area (Å²) in [7, 11) is -1.39. The lowest BCUT2D eigenvalue weighted by molar-refractivity contribution is 0.424. The highest BCUT2D eigenvalue weighted by Gasteiger charge is 2.07. The largest absolute Gasteiger partial charge is 0.480 e. The summed E-state index contributed by atoms with van der Waals surface area (Å²) in [4.78, 5) is 4.53. The summed E-state index contributed by atoms with van der Waals surface area (Å²) in [6, 6.07) is 7.98. The molecule has 0 saturated carbocycles. The molecule has 1 aromatic heterocycles. The lowest BCUT2D eigenvalue weighted by Crippen LogP contribution is -2.06. The van der Waals surface area contributed by atoms with Gasteiger partial charge in [0.15, 0.2) is 0 Å². The topological polar surface area (TPSA) is 58.3 Å². The minimum Gasteiger partial charge on any atom is -0.424 e. The van der Waals surface area contributed by atoms with E-state index in [1.54, 1.807) is 6.08 Å². The normalized spacial score (nSPS) is 11.5. The van der Waals surface area contributed by atoms with Crippen LogP contribution in [0.15, 0.2) is 36.3 Å². The molecule has 0 bridgehead atoms. The third kappa shape index (κ3) is 2.57. The Balaban J connectivity index is 2.33. The van der Waals surface area contributed by atoms with Crippen LogP contribution >= 0.6 is 0 Å². The van der Waals surface area contributed by atoms with Gasteiger partial charge >= 0.3 is 7.12 Å². The lowest BCUT2D eigenvalue weighted by atomic mass is 9.91. The fourth-order valence-electron chi connectivity index (χ4n) is 1.93. The Labute approximate surface area is 100 Å². The van der Waals surface area contributed by atoms with Crippen molar-refractivity contribution < 1.29 is 10.0 Å². The van der Waals surface area contributed by atoms with E-state index < -0.39 is 7.12 Å². The summed E-state index contributed by atoms with van der Waals surface area (Å²) in [5, 5.41) is 17.5. The third-order valence-corrected chi connectivity index (χ3v) is 2.66. The fourth-order valence-corrected chi connectivity index (χ4v) is 1.93. The van der Waals surface area contributed by atoms with Gasteiger partial charge in [0.05, 0.1) is 11.0 Å². The maximum atomic E-state index is 8.74. The molecule has 0 saturated heterocycles. The molecule has 1 aromatic carbocycles. The maximum absolute atomic E-state index is 8.74. The van der Waals surface area contributed by atoms with Crippen molar-refractivity contribution in [1.82, 2.24) is 9.55 Å². The summed E-state index contributed by atoms with van der Waals surface area (Å²) in [5.74, 6) is 2.28. The van der Waals surface area contributed by atoms with E-state index >= 15 is 0 Å². The molecular formula is C12H15BN2O2. The first kappa shape index (κ1) is 11.9. The Morgan fingerprint density at radius 1 is 1.35 bits per heavy atom. The van der Waals surface area contributed by atoms with Gasteiger partial charge < -0.3 is 14.6 Å². The van der Waals surface area contributed by atoms with Crippen molar-refractivity contribution in [3.05, 3.63) is 42.1 Å². The minimum atomic E-state index is -1.39. The zero-order chi connectivity index (χ0) is 12.3. The van der Waals surface area contributed by atoms with Gasteiger partial charge in [0.1, 0.15) is 5.82 Å². The molecule has 0 fully saturated rings. The number of hydrogen-bond donors (Lipinski definition) is 2. The Kier molecular flexibility index (Phi) is 3.61. The SMILES string of the molecule is CCn1c(C/C=C/B(O)O)nc2ccccc21. The second kappa shape index (κ2) is 5.16. The summed E-state index contributed by atoms with van der Waals surface area (Å²) in [5.41, 5.74) is 2.09. The van der Waals surface area contributed by atoms with Crippen molar-refractivity contribution in [2.45, 2.75) is 19.9 Å². The molecule has 2 N–H and O–H groups in total. The Morgan fingerprint density at radius 2 is 2.12 bits per heavy atom. The van der Waals surface area contributed by atoms with Crippen molar-refractivity contribution >= 4 is 18.2 Å². The Morgan fingerprint density at radius 3 is 2.82 bits per heavy atom. The van der Waals surface area contributed by atoms with Gasteiger partial charge in [-0.3, -0.25) is 0 Å². The molecule has 2 rings (SSSR count). The quantitative estimate of drug-likeness (QED) is 0.775. The molecule has 2 aromatic rings. The van der Waals surface area contributed by atoms with Gasteiger partial charge in [-0.25, -0.2) is 4.98 Å². The number of nitrogens with zero attached hydrogens (tertiary/aromatic N) is 2. The monoisotopic (exact) mass is 230 g/mol. The minimum absolute atomic E-state index is 0.597. The molecule has 0 aliphatic heterocycles. The number of allylic oxidation sites excluding steroid dienone is 1. The highest BCUT2D eigenvalue weighted by atomic mass is 16.4. The highest BCUT2D eigenvalue weighted by Crippen LogP contribution is 2.16. The molecule has 0 amide bonds. The first-order valence-electron chi connectivity index (χ1n) is 5.69. The molecule has 1 heterocycles. The summed E-state index contributed by atoms with van der Waals surface area (Å²) >= 11 is 0. The first-order valence-corrected chi connectivity index (χ1v) is 5.69. The van der Waals surface area contributed by atoms with E-state index in [1.165, 1.54) is 5.98 Å². The van der Waals surface area contributed by atoms with E-state index in [0.29, 0.717) is 6.42 Å². The van der Waals surface area contributed by atoms with Crippen LogP contribution in [0.4, 0.5) is 0 Å². The Bertz CT molecular complexity index is 534. The van der Waals surface area contributed by atoms with Gasteiger partial charge in [0, 0.05) is 13.0 Å². The fraction of sp³-hybridized carbons (Fsp3) is 0.250. The summed E-state index contributed by atoms with van der Waals surface area (Å²) in [6.07, 6.45) is 2.32. The van der Waals surface area contributed by atoms with Gasteiger partial charge in [-0.1, -0.05) is 24.2 Å². The van der Waals surface area contributed by atoms with Crippen LogP contribution in [-0.2, 0) is 13.0 Å². The molecule has 0 aliphatic carbocycles. The van der Waals surface area contributed by atoms with Crippen molar-refractivity contribution in [1.29, 1.82) is 0 Å². The summed E-state index contributed by atoms with van der Waals surface area (Å²) in [6.45, 7) is 2.92. The van der Waals surface area contributed by atoms with E-state index in [0.717, 1.165) is 23.4 Å². The maximum Gasteiger partial charge on any atom is 0.480 e. The van der Waals surface area contributed by atoms with Gasteiger partial charge in [-0.05, 0) is 19.1 Å². The number of benzene rings is 1. The van der Waals surface area contributed by atoms with Crippen LogP contribution < -0.4 is 0 Å². The van der Waals surface area contributed by atoms with E-state index in [2.05, 4.69) is 16.5 Å². The van der Waals surface area contributed by atoms with Crippen molar-refractivity contribution in [3.8, 4) is 0 Å². The molecule has 17 heavy (non-hydrogen) atoms. The van der Waals surface area contributed by atoms with Crippen molar-refractivity contribution in [2.24, 2.45) is 0 Å². The number of fused-ring (bicyclic) bond motifs is 1. The molecule has 0 radical (unpaired) electrons. The van der Waals surface area contributed by atoms with Crippen molar-refractivity contribution in [3.63, 3.8) is 0 Å². The van der Waals surface area contributed by atoms with E-state index in [4.69, 9.17) is 10.0 Å². The average molecular weight is 230 g/mol. The number of para-hydroxylation sites is 2. The van der Waals surface area contributed by atoms with E-state index in [-0.39, 0.29) is 0 Å². The molecule has 88 valence electrons. The zero-order valence-corrected chi connectivity index (χ0v) is 9.74. The number of hydrogen-bond acceptors (Lipinski definition) is 3. The van der Waals surface area contributed by atoms with E-state index in [1.807, 2.05) is 24.3 Å². The predicted octanol–water partition coefficient (Wildman–Crippen LogP) is 1.17. The standard InChI is InChI=1S/C12H15BN2O2/c1-2-15-11-7-4-3-6-10(11)14-12(15)8-5-9-13(16)17/h3-7,9,16-17H,2,8H2,1H3/b9-5+. The summed E-state index contributed by atoms with van der Waals surface area (Å²) < 4.78 is 2.13. The van der Waals surface area contributed by atoms with Crippen LogP contribution in [-0.4, -0.2) is 26.7 Å².